The highest BCUT2D eigenvalue weighted by molar-refractivity contribution is 7.91. The highest BCUT2D eigenvalue weighted by atomic mass is 32.2. The summed E-state index contributed by atoms with van der Waals surface area (Å²) >= 11 is 0. The van der Waals surface area contributed by atoms with Crippen LogP contribution in [0.4, 0.5) is 11.4 Å². The first-order valence-electron chi connectivity index (χ1n) is 6.22. The lowest BCUT2D eigenvalue weighted by atomic mass is 10.1. The van der Waals surface area contributed by atoms with Gasteiger partial charge in [-0.05, 0) is 25.1 Å². The summed E-state index contributed by atoms with van der Waals surface area (Å²) in [6.07, 6.45) is 0.607. The summed E-state index contributed by atoms with van der Waals surface area (Å²) in [5.41, 5.74) is 6.31. The van der Waals surface area contributed by atoms with Crippen LogP contribution in [0.3, 0.4) is 0 Å². The second-order valence-corrected chi connectivity index (χ2v) is 7.35. The molecule has 1 aromatic rings. The molecule has 0 bridgehead atoms. The van der Waals surface area contributed by atoms with Crippen LogP contribution in [-0.2, 0) is 16.4 Å². The number of nitrogens with two attached hydrogens (primary N) is 1. The quantitative estimate of drug-likeness (QED) is 0.500. The molecule has 2 rings (SSSR count). The molecular weight excluding hydrogens is 282 g/mol. The molecule has 1 heterocycles. The van der Waals surface area contributed by atoms with Crippen LogP contribution in [0.2, 0.25) is 0 Å². The van der Waals surface area contributed by atoms with Crippen LogP contribution in [0.25, 0.3) is 0 Å². The lowest BCUT2D eigenvalue weighted by molar-refractivity contribution is -0.384. The molecule has 1 aliphatic rings. The van der Waals surface area contributed by atoms with Gasteiger partial charge >= 0.3 is 0 Å². The number of nitrogens with zero attached hydrogens (tertiary/aromatic N) is 2. The van der Waals surface area contributed by atoms with E-state index in [2.05, 4.69) is 0 Å². The maximum Gasteiger partial charge on any atom is 0.292 e. The van der Waals surface area contributed by atoms with Gasteiger partial charge in [0.2, 0.25) is 0 Å². The van der Waals surface area contributed by atoms with E-state index in [-0.39, 0.29) is 28.9 Å². The van der Waals surface area contributed by atoms with Gasteiger partial charge in [0.15, 0.2) is 9.84 Å². The summed E-state index contributed by atoms with van der Waals surface area (Å²) in [4.78, 5) is 12.2. The molecule has 1 saturated heterocycles. The molecule has 0 aliphatic carbocycles. The van der Waals surface area contributed by atoms with Gasteiger partial charge < -0.3 is 5.73 Å². The van der Waals surface area contributed by atoms with Gasteiger partial charge in [-0.15, -0.1) is 0 Å². The average molecular weight is 299 g/mol. The molecule has 0 spiro atoms. The zero-order chi connectivity index (χ0) is 14.9. The molecule has 1 fully saturated rings. The Morgan fingerprint density at radius 3 is 2.75 bits per heavy atom. The van der Waals surface area contributed by atoms with Crippen molar-refractivity contribution in [3.05, 3.63) is 33.9 Å². The van der Waals surface area contributed by atoms with Crippen molar-refractivity contribution in [1.29, 1.82) is 0 Å². The smallest absolute Gasteiger partial charge is 0.292 e. The van der Waals surface area contributed by atoms with Crippen LogP contribution in [0.15, 0.2) is 18.2 Å². The fourth-order valence-electron chi connectivity index (χ4n) is 2.39. The Kier molecular flexibility index (Phi) is 3.96. The minimum absolute atomic E-state index is 0.0309. The minimum Gasteiger partial charge on any atom is -0.393 e. The summed E-state index contributed by atoms with van der Waals surface area (Å²) in [7, 11) is -1.10. The van der Waals surface area contributed by atoms with E-state index in [9.17, 15) is 18.5 Å². The number of rotatable bonds is 4. The van der Waals surface area contributed by atoms with Gasteiger partial charge in [0, 0.05) is 18.7 Å². The van der Waals surface area contributed by atoms with Crippen molar-refractivity contribution in [2.45, 2.75) is 19.0 Å². The van der Waals surface area contributed by atoms with Gasteiger partial charge in [0.1, 0.15) is 5.69 Å². The number of anilines is 1. The van der Waals surface area contributed by atoms with E-state index in [0.29, 0.717) is 13.0 Å². The maximum absolute atomic E-state index is 11.5. The van der Waals surface area contributed by atoms with Crippen molar-refractivity contribution in [3.63, 3.8) is 0 Å². The van der Waals surface area contributed by atoms with Crippen LogP contribution in [0, 0.1) is 10.1 Å². The number of sulfone groups is 1. The minimum atomic E-state index is -2.93. The van der Waals surface area contributed by atoms with Crippen LogP contribution < -0.4 is 5.73 Å². The fraction of sp³-hybridized carbons (Fsp3) is 0.500. The van der Waals surface area contributed by atoms with Crippen LogP contribution >= 0.6 is 0 Å². The van der Waals surface area contributed by atoms with E-state index < -0.39 is 14.8 Å². The molecule has 7 nitrogen and oxygen atoms in total. The first-order valence-corrected chi connectivity index (χ1v) is 8.04. The molecule has 1 aromatic carbocycles. The number of hydrogen-bond donors (Lipinski definition) is 1. The number of hydrogen-bond acceptors (Lipinski definition) is 6. The maximum atomic E-state index is 11.5. The number of nitro benzene ring substituents is 1. The summed E-state index contributed by atoms with van der Waals surface area (Å²) in [6.45, 7) is 0.460. The second kappa shape index (κ2) is 5.37. The topological polar surface area (TPSA) is 107 Å². The Hall–Kier alpha value is -1.67. The molecule has 0 aromatic heterocycles. The highest BCUT2D eigenvalue weighted by Crippen LogP contribution is 2.24. The lowest BCUT2D eigenvalue weighted by Gasteiger charge is -2.23. The van der Waals surface area contributed by atoms with E-state index in [0.717, 1.165) is 5.56 Å². The van der Waals surface area contributed by atoms with Gasteiger partial charge in [-0.2, -0.15) is 0 Å². The first kappa shape index (κ1) is 14.7. The molecule has 2 N–H and O–H groups in total. The second-order valence-electron chi connectivity index (χ2n) is 5.12. The third kappa shape index (κ3) is 3.26. The summed E-state index contributed by atoms with van der Waals surface area (Å²) in [5, 5.41) is 10.8. The Labute approximate surface area is 117 Å². The fourth-order valence-corrected chi connectivity index (χ4v) is 4.19. The number of benzene rings is 1. The SMILES string of the molecule is CN(Cc1ccc(N)c([N+](=O)[O-])c1)C1CCS(=O)(=O)C1. The Morgan fingerprint density at radius 2 is 2.20 bits per heavy atom. The zero-order valence-electron chi connectivity index (χ0n) is 11.2. The molecule has 110 valence electrons. The normalized spacial score (nSPS) is 21.2. The van der Waals surface area contributed by atoms with E-state index in [1.165, 1.54) is 12.1 Å². The predicted molar refractivity (Wildman–Crippen MR) is 76.0 cm³/mol. The van der Waals surface area contributed by atoms with E-state index >= 15 is 0 Å². The summed E-state index contributed by atoms with van der Waals surface area (Å²) in [5.74, 6) is 0.366. The van der Waals surface area contributed by atoms with Gasteiger partial charge in [0.25, 0.3) is 5.69 Å². The molecule has 0 saturated carbocycles. The third-order valence-corrected chi connectivity index (χ3v) is 5.31. The van der Waals surface area contributed by atoms with Crippen molar-refractivity contribution in [2.24, 2.45) is 0 Å². The van der Waals surface area contributed by atoms with E-state index in [1.807, 2.05) is 11.9 Å². The van der Waals surface area contributed by atoms with E-state index in [1.54, 1.807) is 6.07 Å². The van der Waals surface area contributed by atoms with Crippen LogP contribution in [0.1, 0.15) is 12.0 Å². The van der Waals surface area contributed by atoms with Crippen LogP contribution in [-0.4, -0.2) is 42.8 Å². The van der Waals surface area contributed by atoms with Crippen molar-refractivity contribution in [2.75, 3.05) is 24.3 Å². The van der Waals surface area contributed by atoms with Crippen molar-refractivity contribution >= 4 is 21.2 Å². The summed E-state index contributed by atoms with van der Waals surface area (Å²) < 4.78 is 22.9. The van der Waals surface area contributed by atoms with Gasteiger partial charge in [-0.25, -0.2) is 8.42 Å². The standard InChI is InChI=1S/C12H17N3O4S/c1-14(10-4-5-20(18,19)8-10)7-9-2-3-11(13)12(6-9)15(16)17/h2-3,6,10H,4-5,7-8,13H2,1H3. The number of nitrogen functional groups attached to an aromatic ring is 1. The molecule has 1 atom stereocenters. The molecule has 1 unspecified atom stereocenters. The predicted octanol–water partition coefficient (Wildman–Crippen LogP) is 0.796. The highest BCUT2D eigenvalue weighted by Gasteiger charge is 2.30. The number of nitro groups is 1. The largest absolute Gasteiger partial charge is 0.393 e. The average Bonchev–Trinajstić information content (AvgIpc) is 2.72. The Morgan fingerprint density at radius 1 is 1.50 bits per heavy atom. The van der Waals surface area contributed by atoms with Crippen LogP contribution in [0.5, 0.6) is 0 Å². The van der Waals surface area contributed by atoms with Crippen molar-refractivity contribution in [1.82, 2.24) is 4.90 Å². The Bertz CT molecular complexity index is 630. The first-order chi connectivity index (χ1) is 9.28. The molecular formula is C12H17N3O4S. The monoisotopic (exact) mass is 299 g/mol. The molecule has 0 radical (unpaired) electrons. The molecule has 20 heavy (non-hydrogen) atoms. The summed E-state index contributed by atoms with van der Waals surface area (Å²) in [6, 6.07) is 4.64. The van der Waals surface area contributed by atoms with Gasteiger partial charge in [-0.1, -0.05) is 6.07 Å². The molecule has 1 aliphatic heterocycles. The molecule has 8 heteroatoms. The third-order valence-electron chi connectivity index (χ3n) is 3.56. The zero-order valence-corrected chi connectivity index (χ0v) is 12.0. The van der Waals surface area contributed by atoms with Gasteiger partial charge in [-0.3, -0.25) is 15.0 Å². The van der Waals surface area contributed by atoms with Crippen molar-refractivity contribution < 1.29 is 13.3 Å². The van der Waals surface area contributed by atoms with E-state index in [4.69, 9.17) is 5.73 Å². The van der Waals surface area contributed by atoms with Gasteiger partial charge in [0.05, 0.1) is 16.4 Å². The van der Waals surface area contributed by atoms with Crippen molar-refractivity contribution in [3.8, 4) is 0 Å². The lowest BCUT2D eigenvalue weighted by Crippen LogP contribution is -2.32. The Balaban J connectivity index is 2.10. The molecule has 0 amide bonds.